The molecular formula is C13H13NO5. The topological polar surface area (TPSA) is 77.8 Å². The van der Waals surface area contributed by atoms with Gasteiger partial charge in [-0.15, -0.1) is 0 Å². The largest absolute Gasteiger partial charge is 0.484 e. The van der Waals surface area contributed by atoms with E-state index in [0.717, 1.165) is 5.39 Å². The van der Waals surface area contributed by atoms with Crippen LogP contribution < -0.4 is 15.8 Å². The molecule has 6 nitrogen and oxygen atoms in total. The van der Waals surface area contributed by atoms with Crippen molar-refractivity contribution < 1.29 is 18.8 Å². The Morgan fingerprint density at radius 3 is 2.89 bits per heavy atom. The zero-order valence-electron chi connectivity index (χ0n) is 10.3. The van der Waals surface area contributed by atoms with Gasteiger partial charge in [-0.05, 0) is 25.1 Å². The highest BCUT2D eigenvalue weighted by atomic mass is 16.7. The lowest BCUT2D eigenvalue weighted by atomic mass is 10.2. The second kappa shape index (κ2) is 6.01. The third-order valence-corrected chi connectivity index (χ3v) is 2.29. The van der Waals surface area contributed by atoms with Crippen molar-refractivity contribution in [1.82, 2.24) is 5.48 Å². The van der Waals surface area contributed by atoms with Gasteiger partial charge in [-0.3, -0.25) is 9.63 Å². The summed E-state index contributed by atoms with van der Waals surface area (Å²) in [7, 11) is 0. The maximum Gasteiger partial charge on any atom is 0.336 e. The Morgan fingerprint density at radius 1 is 1.32 bits per heavy atom. The van der Waals surface area contributed by atoms with Crippen LogP contribution >= 0.6 is 0 Å². The summed E-state index contributed by atoms with van der Waals surface area (Å²) in [5, 5.41) is 0.783. The first-order valence-electron chi connectivity index (χ1n) is 5.76. The van der Waals surface area contributed by atoms with E-state index in [-0.39, 0.29) is 6.61 Å². The van der Waals surface area contributed by atoms with Gasteiger partial charge in [0, 0.05) is 17.5 Å². The summed E-state index contributed by atoms with van der Waals surface area (Å²) in [5.74, 6) is 0.0463. The molecule has 0 aliphatic heterocycles. The number of benzene rings is 1. The van der Waals surface area contributed by atoms with E-state index in [9.17, 15) is 9.59 Å². The number of hydrogen-bond donors (Lipinski definition) is 1. The Labute approximate surface area is 108 Å². The second-order valence-electron chi connectivity index (χ2n) is 3.70. The molecule has 0 unspecified atom stereocenters. The summed E-state index contributed by atoms with van der Waals surface area (Å²) in [4.78, 5) is 27.1. The SMILES string of the molecule is CCONC(=O)COc1ccc2ccc(=O)oc2c1. The summed E-state index contributed by atoms with van der Waals surface area (Å²) in [5.41, 5.74) is 2.19. The van der Waals surface area contributed by atoms with E-state index in [1.807, 2.05) is 0 Å². The van der Waals surface area contributed by atoms with Crippen molar-refractivity contribution in [2.24, 2.45) is 0 Å². The molecule has 19 heavy (non-hydrogen) atoms. The van der Waals surface area contributed by atoms with Gasteiger partial charge in [0.15, 0.2) is 6.61 Å². The number of rotatable bonds is 5. The predicted molar refractivity (Wildman–Crippen MR) is 67.7 cm³/mol. The molecule has 100 valence electrons. The lowest BCUT2D eigenvalue weighted by Gasteiger charge is -2.07. The minimum Gasteiger partial charge on any atom is -0.484 e. The summed E-state index contributed by atoms with van der Waals surface area (Å²) in [6.07, 6.45) is 0. The molecule has 1 aromatic carbocycles. The van der Waals surface area contributed by atoms with Crippen LogP contribution in [0.4, 0.5) is 0 Å². The van der Waals surface area contributed by atoms with Gasteiger partial charge in [-0.1, -0.05) is 0 Å². The van der Waals surface area contributed by atoms with E-state index >= 15 is 0 Å². The van der Waals surface area contributed by atoms with Crippen LogP contribution in [0.5, 0.6) is 5.75 Å². The quantitative estimate of drug-likeness (QED) is 0.648. The molecular weight excluding hydrogens is 250 g/mol. The van der Waals surface area contributed by atoms with Crippen molar-refractivity contribution in [3.05, 3.63) is 40.8 Å². The normalized spacial score (nSPS) is 10.4. The van der Waals surface area contributed by atoms with E-state index in [1.165, 1.54) is 6.07 Å². The monoisotopic (exact) mass is 263 g/mol. The van der Waals surface area contributed by atoms with Gasteiger partial charge in [0.2, 0.25) is 0 Å². The fourth-order valence-electron chi connectivity index (χ4n) is 1.46. The number of hydrogen-bond acceptors (Lipinski definition) is 5. The van der Waals surface area contributed by atoms with Crippen LogP contribution in [0.3, 0.4) is 0 Å². The minimum absolute atomic E-state index is 0.178. The highest BCUT2D eigenvalue weighted by molar-refractivity contribution is 5.78. The number of amides is 1. The molecule has 1 heterocycles. The minimum atomic E-state index is -0.432. The second-order valence-corrected chi connectivity index (χ2v) is 3.70. The Kier molecular flexibility index (Phi) is 4.15. The van der Waals surface area contributed by atoms with E-state index in [1.54, 1.807) is 31.2 Å². The molecule has 1 amide bonds. The van der Waals surface area contributed by atoms with Crippen LogP contribution in [0.2, 0.25) is 0 Å². The van der Waals surface area contributed by atoms with Crippen molar-refractivity contribution in [3.8, 4) is 5.75 Å². The van der Waals surface area contributed by atoms with E-state index in [2.05, 4.69) is 5.48 Å². The number of ether oxygens (including phenoxy) is 1. The molecule has 0 radical (unpaired) electrons. The van der Waals surface area contributed by atoms with Gasteiger partial charge >= 0.3 is 5.63 Å². The Balaban J connectivity index is 2.05. The maximum atomic E-state index is 11.3. The van der Waals surface area contributed by atoms with Gasteiger partial charge in [-0.2, -0.15) is 0 Å². The molecule has 0 spiro atoms. The first-order valence-corrected chi connectivity index (χ1v) is 5.76. The number of fused-ring (bicyclic) bond motifs is 1. The molecule has 0 fully saturated rings. The zero-order chi connectivity index (χ0) is 13.7. The zero-order valence-corrected chi connectivity index (χ0v) is 10.3. The van der Waals surface area contributed by atoms with Crippen LogP contribution in [-0.2, 0) is 9.63 Å². The van der Waals surface area contributed by atoms with Crippen molar-refractivity contribution in [2.75, 3.05) is 13.2 Å². The number of nitrogens with one attached hydrogen (secondary N) is 1. The van der Waals surface area contributed by atoms with Crippen LogP contribution in [0.25, 0.3) is 11.0 Å². The third kappa shape index (κ3) is 3.56. The van der Waals surface area contributed by atoms with E-state index in [0.29, 0.717) is 17.9 Å². The fourth-order valence-corrected chi connectivity index (χ4v) is 1.46. The van der Waals surface area contributed by atoms with E-state index < -0.39 is 11.5 Å². The first kappa shape index (κ1) is 13.1. The molecule has 1 aromatic heterocycles. The Hall–Kier alpha value is -2.34. The number of carbonyl (C=O) groups excluding carboxylic acids is 1. The van der Waals surface area contributed by atoms with Crippen molar-refractivity contribution in [2.45, 2.75) is 6.92 Å². The van der Waals surface area contributed by atoms with Crippen molar-refractivity contribution >= 4 is 16.9 Å². The highest BCUT2D eigenvalue weighted by Gasteiger charge is 2.04. The molecule has 0 saturated carbocycles. The number of hydroxylamine groups is 1. The summed E-state index contributed by atoms with van der Waals surface area (Å²) in [6, 6.07) is 8.00. The predicted octanol–water partition coefficient (Wildman–Crippen LogP) is 1.24. The Morgan fingerprint density at radius 2 is 2.11 bits per heavy atom. The van der Waals surface area contributed by atoms with Crippen molar-refractivity contribution in [1.29, 1.82) is 0 Å². The lowest BCUT2D eigenvalue weighted by Crippen LogP contribution is -2.28. The summed E-state index contributed by atoms with van der Waals surface area (Å²) >= 11 is 0. The average molecular weight is 263 g/mol. The van der Waals surface area contributed by atoms with Gasteiger partial charge in [0.1, 0.15) is 11.3 Å². The van der Waals surface area contributed by atoms with Crippen LogP contribution in [0, 0.1) is 0 Å². The molecule has 6 heteroatoms. The van der Waals surface area contributed by atoms with Crippen molar-refractivity contribution in [3.63, 3.8) is 0 Å². The molecule has 0 atom stereocenters. The maximum absolute atomic E-state index is 11.3. The van der Waals surface area contributed by atoms with Gasteiger partial charge in [-0.25, -0.2) is 10.3 Å². The van der Waals surface area contributed by atoms with Crippen LogP contribution in [0.1, 0.15) is 6.92 Å². The molecule has 2 aromatic rings. The number of carbonyl (C=O) groups is 1. The van der Waals surface area contributed by atoms with Crippen LogP contribution in [-0.4, -0.2) is 19.1 Å². The summed E-state index contributed by atoms with van der Waals surface area (Å²) in [6.45, 7) is 1.96. The lowest BCUT2D eigenvalue weighted by molar-refractivity contribution is -0.135. The fraction of sp³-hybridized carbons (Fsp3) is 0.231. The molecule has 2 rings (SSSR count). The molecule has 0 aliphatic rings. The molecule has 1 N–H and O–H groups in total. The van der Waals surface area contributed by atoms with Gasteiger partial charge in [0.25, 0.3) is 5.91 Å². The van der Waals surface area contributed by atoms with Gasteiger partial charge < -0.3 is 9.15 Å². The standard InChI is InChI=1S/C13H13NO5/c1-2-18-14-12(15)8-17-10-5-3-9-4-6-13(16)19-11(9)7-10/h3-7H,2,8H2,1H3,(H,14,15). The van der Waals surface area contributed by atoms with Gasteiger partial charge in [0.05, 0.1) is 6.61 Å². The smallest absolute Gasteiger partial charge is 0.336 e. The average Bonchev–Trinajstić information content (AvgIpc) is 2.42. The summed E-state index contributed by atoms with van der Waals surface area (Å²) < 4.78 is 10.3. The first-order chi connectivity index (χ1) is 9.19. The third-order valence-electron chi connectivity index (χ3n) is 2.29. The van der Waals surface area contributed by atoms with E-state index in [4.69, 9.17) is 14.0 Å². The Bertz CT molecular complexity index is 634. The molecule has 0 bridgehead atoms. The molecule has 0 aliphatic carbocycles. The van der Waals surface area contributed by atoms with Crippen LogP contribution in [0.15, 0.2) is 39.5 Å². The highest BCUT2D eigenvalue weighted by Crippen LogP contribution is 2.19. The molecule has 0 saturated heterocycles.